The molecule has 4 nitrogen and oxygen atoms in total. The van der Waals surface area contributed by atoms with E-state index in [2.05, 4.69) is 11.9 Å². The van der Waals surface area contributed by atoms with Gasteiger partial charge in [0.25, 0.3) is 5.91 Å². The third-order valence-electron chi connectivity index (χ3n) is 4.01. The molecule has 5 heteroatoms. The van der Waals surface area contributed by atoms with E-state index in [0.29, 0.717) is 18.2 Å². The molecule has 138 valence electrons. The molecule has 2 atom stereocenters. The van der Waals surface area contributed by atoms with Gasteiger partial charge in [0.15, 0.2) is 6.54 Å². The van der Waals surface area contributed by atoms with Crippen LogP contribution in [0.2, 0.25) is 5.02 Å². The van der Waals surface area contributed by atoms with Gasteiger partial charge in [-0.25, -0.2) is 0 Å². The van der Waals surface area contributed by atoms with Crippen LogP contribution in [0.1, 0.15) is 24.1 Å². The summed E-state index contributed by atoms with van der Waals surface area (Å²) in [6.07, 6.45) is 1.72. The largest absolute Gasteiger partial charge is 0.490 e. The highest BCUT2D eigenvalue weighted by molar-refractivity contribution is 6.31. The number of rotatable bonds is 9. The molecule has 1 unspecified atom stereocenters. The van der Waals surface area contributed by atoms with Crippen molar-refractivity contribution in [3.8, 4) is 5.75 Å². The lowest BCUT2D eigenvalue weighted by Crippen LogP contribution is -3.08. The maximum Gasteiger partial charge on any atom is 0.275 e. The van der Waals surface area contributed by atoms with Crippen LogP contribution >= 0.6 is 11.6 Å². The van der Waals surface area contributed by atoms with Gasteiger partial charge in [-0.3, -0.25) is 4.79 Å². The molecule has 2 N–H and O–H groups in total. The van der Waals surface area contributed by atoms with Crippen LogP contribution in [0, 0.1) is 0 Å². The van der Waals surface area contributed by atoms with E-state index in [4.69, 9.17) is 16.3 Å². The predicted octanol–water partition coefficient (Wildman–Crippen LogP) is 2.80. The molecule has 2 aromatic rings. The summed E-state index contributed by atoms with van der Waals surface area (Å²) < 4.78 is 5.48. The zero-order valence-corrected chi connectivity index (χ0v) is 16.1. The second-order valence-corrected chi connectivity index (χ2v) is 6.77. The standard InChI is InChI=1S/C21H25ClN2O2/c1-4-13-26-18-11-9-17(10-12-18)14-24(3)15-21(25)23-16(2)19-7-5-6-8-20(19)22/h4-12,16H,1,13-15H2,2-3H3,(H,23,25)/p+1/t16-/m1/s1. The Labute approximate surface area is 160 Å². The van der Waals surface area contributed by atoms with Crippen LogP contribution in [0.15, 0.2) is 61.2 Å². The van der Waals surface area contributed by atoms with E-state index in [-0.39, 0.29) is 11.9 Å². The number of nitrogens with one attached hydrogen (secondary N) is 2. The summed E-state index contributed by atoms with van der Waals surface area (Å²) in [6, 6.07) is 15.4. The van der Waals surface area contributed by atoms with Crippen LogP contribution in [-0.4, -0.2) is 26.1 Å². The molecule has 26 heavy (non-hydrogen) atoms. The smallest absolute Gasteiger partial charge is 0.275 e. The van der Waals surface area contributed by atoms with Gasteiger partial charge < -0.3 is 15.0 Å². The number of benzene rings is 2. The van der Waals surface area contributed by atoms with Crippen LogP contribution in [-0.2, 0) is 11.3 Å². The Morgan fingerprint density at radius 2 is 1.96 bits per heavy atom. The van der Waals surface area contributed by atoms with Crippen molar-refractivity contribution < 1.29 is 14.4 Å². The first-order valence-electron chi connectivity index (χ1n) is 8.67. The summed E-state index contributed by atoms with van der Waals surface area (Å²) in [5, 5.41) is 3.68. The summed E-state index contributed by atoms with van der Waals surface area (Å²) in [5.74, 6) is 0.818. The molecular formula is C21H26ClN2O2+. The highest BCUT2D eigenvalue weighted by atomic mass is 35.5. The minimum absolute atomic E-state index is 0.000793. The van der Waals surface area contributed by atoms with Crippen LogP contribution < -0.4 is 15.0 Å². The highest BCUT2D eigenvalue weighted by Crippen LogP contribution is 2.21. The lowest BCUT2D eigenvalue weighted by Gasteiger charge is -2.18. The van der Waals surface area contributed by atoms with Crippen molar-refractivity contribution in [1.29, 1.82) is 0 Å². The molecule has 0 bridgehead atoms. The molecule has 1 amide bonds. The average Bonchev–Trinajstić information content (AvgIpc) is 2.61. The van der Waals surface area contributed by atoms with Gasteiger partial charge in [0.05, 0.1) is 13.1 Å². The zero-order valence-electron chi connectivity index (χ0n) is 15.3. The predicted molar refractivity (Wildman–Crippen MR) is 106 cm³/mol. The molecule has 0 saturated heterocycles. The molecule has 0 fully saturated rings. The fourth-order valence-electron chi connectivity index (χ4n) is 2.74. The second-order valence-electron chi connectivity index (χ2n) is 6.37. The molecule has 0 aliphatic rings. The van der Waals surface area contributed by atoms with Crippen LogP contribution in [0.5, 0.6) is 5.75 Å². The van der Waals surface area contributed by atoms with Gasteiger partial charge in [-0.2, -0.15) is 0 Å². The minimum atomic E-state index is -0.120. The van der Waals surface area contributed by atoms with Gasteiger partial charge >= 0.3 is 0 Å². The van der Waals surface area contributed by atoms with Gasteiger partial charge in [0, 0.05) is 10.6 Å². The van der Waals surface area contributed by atoms with Crippen LogP contribution in [0.3, 0.4) is 0 Å². The number of carbonyl (C=O) groups is 1. The maximum absolute atomic E-state index is 12.3. The fourth-order valence-corrected chi connectivity index (χ4v) is 3.04. The first-order chi connectivity index (χ1) is 12.5. The van der Waals surface area contributed by atoms with E-state index in [0.717, 1.165) is 28.3 Å². The molecule has 2 aromatic carbocycles. The number of halogens is 1. The summed E-state index contributed by atoms with van der Waals surface area (Å²) in [7, 11) is 2.00. The van der Waals surface area contributed by atoms with Gasteiger partial charge in [0.2, 0.25) is 0 Å². The van der Waals surface area contributed by atoms with Crippen molar-refractivity contribution in [3.63, 3.8) is 0 Å². The fraction of sp³-hybridized carbons (Fsp3) is 0.286. The maximum atomic E-state index is 12.3. The van der Waals surface area contributed by atoms with E-state index in [9.17, 15) is 4.79 Å². The van der Waals surface area contributed by atoms with Gasteiger partial charge in [-0.05, 0) is 42.8 Å². The van der Waals surface area contributed by atoms with E-state index in [1.807, 2.05) is 62.5 Å². The zero-order chi connectivity index (χ0) is 18.9. The number of amides is 1. The Bertz CT molecular complexity index is 731. The quantitative estimate of drug-likeness (QED) is 0.664. The van der Waals surface area contributed by atoms with E-state index in [1.165, 1.54) is 0 Å². The van der Waals surface area contributed by atoms with Crippen molar-refractivity contribution in [2.45, 2.75) is 19.5 Å². The van der Waals surface area contributed by atoms with Gasteiger partial charge in [-0.15, -0.1) is 0 Å². The topological polar surface area (TPSA) is 42.8 Å². The Balaban J connectivity index is 1.83. The molecular weight excluding hydrogens is 348 g/mol. The Hall–Kier alpha value is -2.30. The number of carbonyl (C=O) groups excluding carboxylic acids is 1. The molecule has 0 spiro atoms. The monoisotopic (exact) mass is 373 g/mol. The molecule has 2 rings (SSSR count). The summed E-state index contributed by atoms with van der Waals surface area (Å²) in [5.41, 5.74) is 2.08. The molecule has 0 aliphatic heterocycles. The van der Waals surface area contributed by atoms with Gasteiger partial charge in [0.1, 0.15) is 18.9 Å². The number of ether oxygens (including phenoxy) is 1. The lowest BCUT2D eigenvalue weighted by molar-refractivity contribution is -0.885. The normalized spacial score (nSPS) is 12.9. The Morgan fingerprint density at radius 3 is 2.62 bits per heavy atom. The first-order valence-corrected chi connectivity index (χ1v) is 9.05. The lowest BCUT2D eigenvalue weighted by atomic mass is 10.1. The Morgan fingerprint density at radius 1 is 1.27 bits per heavy atom. The average molecular weight is 374 g/mol. The third kappa shape index (κ3) is 6.21. The van der Waals surface area contributed by atoms with E-state index < -0.39 is 0 Å². The summed E-state index contributed by atoms with van der Waals surface area (Å²) in [6.45, 7) is 7.22. The van der Waals surface area contributed by atoms with Crippen LogP contribution in [0.25, 0.3) is 0 Å². The molecule has 0 heterocycles. The summed E-state index contributed by atoms with van der Waals surface area (Å²) in [4.78, 5) is 13.4. The van der Waals surface area contributed by atoms with Crippen molar-refractivity contribution in [1.82, 2.24) is 5.32 Å². The number of hydrogen-bond donors (Lipinski definition) is 2. The van der Waals surface area contributed by atoms with Crippen molar-refractivity contribution in [2.24, 2.45) is 0 Å². The second kappa shape index (κ2) is 10.00. The number of likely N-dealkylation sites (N-methyl/N-ethyl adjacent to an activating group) is 1. The number of hydrogen-bond acceptors (Lipinski definition) is 2. The Kier molecular flexibility index (Phi) is 7.70. The molecule has 0 aromatic heterocycles. The third-order valence-corrected chi connectivity index (χ3v) is 4.35. The van der Waals surface area contributed by atoms with E-state index >= 15 is 0 Å². The van der Waals surface area contributed by atoms with Crippen molar-refractivity contribution in [2.75, 3.05) is 20.2 Å². The molecule has 0 aliphatic carbocycles. The van der Waals surface area contributed by atoms with Crippen LogP contribution in [0.4, 0.5) is 0 Å². The van der Waals surface area contributed by atoms with Gasteiger partial charge in [-0.1, -0.05) is 42.5 Å². The summed E-state index contributed by atoms with van der Waals surface area (Å²) >= 11 is 6.19. The SMILES string of the molecule is C=CCOc1ccc(C[NH+](C)CC(=O)N[C@H](C)c2ccccc2Cl)cc1. The first kappa shape index (κ1) is 20.0. The number of quaternary nitrogens is 1. The van der Waals surface area contributed by atoms with Crippen molar-refractivity contribution >= 4 is 17.5 Å². The minimum Gasteiger partial charge on any atom is -0.490 e. The highest BCUT2D eigenvalue weighted by Gasteiger charge is 2.15. The molecule has 0 radical (unpaired) electrons. The molecule has 0 saturated carbocycles. The van der Waals surface area contributed by atoms with Crippen molar-refractivity contribution in [3.05, 3.63) is 77.3 Å². The van der Waals surface area contributed by atoms with E-state index in [1.54, 1.807) is 6.08 Å².